The number of rotatable bonds is 2. The van der Waals surface area contributed by atoms with Crippen LogP contribution in [0.15, 0.2) is 23.3 Å². The quantitative estimate of drug-likeness (QED) is 0.707. The molecule has 3 atom stereocenters. The lowest BCUT2D eigenvalue weighted by atomic mass is 10.0. The highest BCUT2D eigenvalue weighted by atomic mass is 19.4. The topological polar surface area (TPSA) is 95.4 Å². The van der Waals surface area contributed by atoms with Crippen LogP contribution in [0, 0.1) is 0 Å². The van der Waals surface area contributed by atoms with Gasteiger partial charge in [0.2, 0.25) is 6.79 Å². The first kappa shape index (κ1) is 18.0. The third-order valence-corrected chi connectivity index (χ3v) is 4.79. The van der Waals surface area contributed by atoms with Gasteiger partial charge in [0.1, 0.15) is 6.04 Å². The number of amides is 1. The van der Waals surface area contributed by atoms with Crippen molar-refractivity contribution in [2.24, 2.45) is 5.10 Å². The number of hydrazine groups is 1. The van der Waals surface area contributed by atoms with Crippen LogP contribution in [-0.4, -0.2) is 46.5 Å². The summed E-state index contributed by atoms with van der Waals surface area (Å²) >= 11 is 0. The number of hydrogen-bond acceptors (Lipinski definition) is 7. The van der Waals surface area contributed by atoms with Gasteiger partial charge >= 0.3 is 6.18 Å². The molecule has 3 aliphatic heterocycles. The molecule has 3 unspecified atom stereocenters. The minimum absolute atomic E-state index is 0.0291. The van der Waals surface area contributed by atoms with Crippen LogP contribution in [0.5, 0.6) is 11.5 Å². The summed E-state index contributed by atoms with van der Waals surface area (Å²) in [6.45, 7) is 1.46. The third kappa shape index (κ3) is 2.91. The highest BCUT2D eigenvalue weighted by Crippen LogP contribution is 2.41. The molecule has 1 aromatic carbocycles. The van der Waals surface area contributed by atoms with Crippen LogP contribution in [0.2, 0.25) is 0 Å². The largest absolute Gasteiger partial charge is 0.454 e. The summed E-state index contributed by atoms with van der Waals surface area (Å²) in [7, 11) is 0. The van der Waals surface area contributed by atoms with Gasteiger partial charge < -0.3 is 14.6 Å². The lowest BCUT2D eigenvalue weighted by Crippen LogP contribution is -2.59. The first-order chi connectivity index (χ1) is 12.7. The molecule has 11 heteroatoms. The number of halogens is 3. The van der Waals surface area contributed by atoms with Crippen molar-refractivity contribution in [2.45, 2.75) is 43.8 Å². The van der Waals surface area contributed by atoms with Crippen molar-refractivity contribution in [3.8, 4) is 11.5 Å². The van der Waals surface area contributed by atoms with Gasteiger partial charge in [0.25, 0.3) is 11.6 Å². The Kier molecular flexibility index (Phi) is 4.05. The molecule has 0 spiro atoms. The van der Waals surface area contributed by atoms with Gasteiger partial charge in [-0.15, -0.1) is 0 Å². The second-order valence-corrected chi connectivity index (χ2v) is 6.72. The molecule has 3 N–H and O–H groups in total. The maximum Gasteiger partial charge on any atom is 0.438 e. The van der Waals surface area contributed by atoms with E-state index >= 15 is 0 Å². The van der Waals surface area contributed by atoms with Crippen LogP contribution in [0.1, 0.15) is 31.4 Å². The van der Waals surface area contributed by atoms with Crippen molar-refractivity contribution in [3.05, 3.63) is 23.8 Å². The number of carbonyl (C=O) groups is 1. The zero-order chi connectivity index (χ0) is 19.4. The second kappa shape index (κ2) is 6.08. The van der Waals surface area contributed by atoms with E-state index in [1.165, 1.54) is 6.92 Å². The Balaban J connectivity index is 1.51. The molecule has 1 saturated heterocycles. The minimum Gasteiger partial charge on any atom is -0.454 e. The Morgan fingerprint density at radius 2 is 2.07 bits per heavy atom. The molecule has 1 fully saturated rings. The Morgan fingerprint density at radius 3 is 2.81 bits per heavy atom. The molecule has 0 radical (unpaired) electrons. The normalized spacial score (nSPS) is 30.0. The monoisotopic (exact) mass is 386 g/mol. The molecular weight excluding hydrogens is 369 g/mol. The van der Waals surface area contributed by atoms with E-state index in [-0.39, 0.29) is 30.0 Å². The molecule has 4 rings (SSSR count). The Bertz CT molecular complexity index is 815. The zero-order valence-corrected chi connectivity index (χ0v) is 14.2. The maximum absolute atomic E-state index is 13.3. The van der Waals surface area contributed by atoms with E-state index in [9.17, 15) is 23.1 Å². The summed E-state index contributed by atoms with van der Waals surface area (Å²) in [5.74, 6) is 0.215. The summed E-state index contributed by atoms with van der Waals surface area (Å²) in [6.07, 6.45) is -5.61. The molecule has 0 aromatic heterocycles. The first-order valence-electron chi connectivity index (χ1n) is 8.27. The predicted octanol–water partition coefficient (Wildman–Crippen LogP) is 1.18. The van der Waals surface area contributed by atoms with E-state index in [4.69, 9.17) is 9.47 Å². The number of nitrogens with zero attached hydrogens (tertiary/aromatic N) is 2. The van der Waals surface area contributed by atoms with Gasteiger partial charge in [0, 0.05) is 18.2 Å². The van der Waals surface area contributed by atoms with Gasteiger partial charge in [0.05, 0.1) is 0 Å². The fourth-order valence-electron chi connectivity index (χ4n) is 3.39. The van der Waals surface area contributed by atoms with Gasteiger partial charge in [0.15, 0.2) is 11.5 Å². The smallest absolute Gasteiger partial charge is 0.438 e. The average molecular weight is 386 g/mol. The lowest BCUT2D eigenvalue weighted by Gasteiger charge is -2.33. The molecule has 1 amide bonds. The van der Waals surface area contributed by atoms with Crippen molar-refractivity contribution in [1.29, 1.82) is 0 Å². The number of carbonyl (C=O) groups excluding carboxylic acids is 1. The number of alkyl halides is 3. The van der Waals surface area contributed by atoms with Crippen molar-refractivity contribution < 1.29 is 32.5 Å². The summed E-state index contributed by atoms with van der Waals surface area (Å²) < 4.78 is 50.5. The Morgan fingerprint density at radius 1 is 1.33 bits per heavy atom. The van der Waals surface area contributed by atoms with Crippen LogP contribution >= 0.6 is 0 Å². The summed E-state index contributed by atoms with van der Waals surface area (Å²) in [5, 5.41) is 13.8. The van der Waals surface area contributed by atoms with Crippen molar-refractivity contribution >= 4 is 11.6 Å². The number of aliphatic hydroxyl groups is 1. The maximum atomic E-state index is 13.3. The first-order valence-corrected chi connectivity index (χ1v) is 8.27. The van der Waals surface area contributed by atoms with Gasteiger partial charge in [-0.1, -0.05) is 6.07 Å². The minimum atomic E-state index is -5.02. The Labute approximate surface area is 151 Å². The number of hydrogen-bond donors (Lipinski definition) is 3. The van der Waals surface area contributed by atoms with Gasteiger partial charge in [-0.3, -0.25) is 4.79 Å². The van der Waals surface area contributed by atoms with Crippen LogP contribution < -0.4 is 20.3 Å². The summed E-state index contributed by atoms with van der Waals surface area (Å²) in [6, 6.07) is 3.94. The second-order valence-electron chi connectivity index (χ2n) is 6.72. The average Bonchev–Trinajstić information content (AvgIpc) is 3.31. The van der Waals surface area contributed by atoms with Gasteiger partial charge in [-0.05, 0) is 31.0 Å². The van der Waals surface area contributed by atoms with Crippen LogP contribution in [0.3, 0.4) is 0 Å². The van der Waals surface area contributed by atoms with E-state index < -0.39 is 30.3 Å². The standard InChI is InChI=1S/C16H17F3N4O4/c1-8-6-15(25,16(17,18)19)23(22-8)14(24)11-5-10(20-21-11)9-2-3-12-13(4-9)27-7-26-12/h2-4,10-11,20-21,25H,5-7H2,1H3. The molecule has 0 bridgehead atoms. The fraction of sp³-hybridized carbons (Fsp3) is 0.500. The molecule has 3 aliphatic rings. The molecular formula is C16H17F3N4O4. The molecule has 0 saturated carbocycles. The lowest BCUT2D eigenvalue weighted by molar-refractivity contribution is -0.302. The van der Waals surface area contributed by atoms with E-state index in [1.54, 1.807) is 18.2 Å². The van der Waals surface area contributed by atoms with Crippen molar-refractivity contribution in [3.63, 3.8) is 0 Å². The molecule has 1 aromatic rings. The van der Waals surface area contributed by atoms with Gasteiger partial charge in [-0.2, -0.15) is 23.3 Å². The van der Waals surface area contributed by atoms with E-state index in [0.29, 0.717) is 11.5 Å². The van der Waals surface area contributed by atoms with Crippen LogP contribution in [0.4, 0.5) is 13.2 Å². The highest BCUT2D eigenvalue weighted by Gasteiger charge is 2.63. The van der Waals surface area contributed by atoms with E-state index in [0.717, 1.165) is 5.56 Å². The number of fused-ring (bicyclic) bond motifs is 1. The molecule has 146 valence electrons. The highest BCUT2D eigenvalue weighted by molar-refractivity contribution is 5.91. The van der Waals surface area contributed by atoms with Crippen molar-refractivity contribution in [1.82, 2.24) is 15.9 Å². The number of nitrogens with one attached hydrogen (secondary N) is 2. The molecule has 8 nitrogen and oxygen atoms in total. The summed E-state index contributed by atoms with van der Waals surface area (Å²) in [5.41, 5.74) is 3.07. The molecule has 3 heterocycles. The molecule has 0 aliphatic carbocycles. The SMILES string of the molecule is CC1=NN(C(=O)C2CC(c3ccc4c(c3)OCO4)NN2)C(O)(C(F)(F)F)C1. The van der Waals surface area contributed by atoms with Crippen molar-refractivity contribution in [2.75, 3.05) is 6.79 Å². The third-order valence-electron chi connectivity index (χ3n) is 4.79. The van der Waals surface area contributed by atoms with E-state index in [2.05, 4.69) is 16.0 Å². The summed E-state index contributed by atoms with van der Waals surface area (Å²) in [4.78, 5) is 12.6. The molecule has 27 heavy (non-hydrogen) atoms. The van der Waals surface area contributed by atoms with Crippen LogP contribution in [-0.2, 0) is 4.79 Å². The zero-order valence-electron chi connectivity index (χ0n) is 14.2. The number of ether oxygens (including phenoxy) is 2. The number of benzene rings is 1. The predicted molar refractivity (Wildman–Crippen MR) is 85.6 cm³/mol. The number of hydrazone groups is 1. The van der Waals surface area contributed by atoms with E-state index in [1.807, 2.05) is 0 Å². The Hall–Kier alpha value is -2.37. The fourth-order valence-corrected chi connectivity index (χ4v) is 3.39. The van der Waals surface area contributed by atoms with Gasteiger partial charge in [-0.25, -0.2) is 10.9 Å². The van der Waals surface area contributed by atoms with Crippen LogP contribution in [0.25, 0.3) is 0 Å².